The summed E-state index contributed by atoms with van der Waals surface area (Å²) >= 11 is 0. The Morgan fingerprint density at radius 1 is 1.03 bits per heavy atom. The van der Waals surface area contributed by atoms with Crippen LogP contribution in [-0.4, -0.2) is 39.9 Å². The molecule has 0 fully saturated rings. The summed E-state index contributed by atoms with van der Waals surface area (Å²) in [6.07, 6.45) is 7.05. The standard InChI is InChI=1S/C28H28F2N6O/c29-22-15-21(16-23(30)17-22)25(26-10-4-5-12-32-26)11-14-34-28(33-13-6-9-24-18-31-19-35-24)36-27(37)20-7-2-1-3-8-20/h1-5,7-8,10,12,15-19,25H,6,9,11,13-14H2,(H,31,35)(H2,33,34,36,37). The first-order valence-corrected chi connectivity index (χ1v) is 12.1. The van der Waals surface area contributed by atoms with Gasteiger partial charge in [-0.1, -0.05) is 24.3 Å². The van der Waals surface area contributed by atoms with Gasteiger partial charge < -0.3 is 10.3 Å². The zero-order valence-electron chi connectivity index (χ0n) is 20.2. The minimum atomic E-state index is -0.640. The summed E-state index contributed by atoms with van der Waals surface area (Å²) in [5, 5.41) is 6.04. The number of carbonyl (C=O) groups is 1. The SMILES string of the molecule is O=C(NC(=NCCCc1cnc[nH]1)NCCC(c1cc(F)cc(F)c1)c1ccccn1)c1ccccc1. The highest BCUT2D eigenvalue weighted by molar-refractivity contribution is 6.05. The summed E-state index contributed by atoms with van der Waals surface area (Å²) in [4.78, 5) is 28.8. The number of H-pyrrole nitrogens is 1. The van der Waals surface area contributed by atoms with E-state index in [4.69, 9.17) is 0 Å². The molecular weight excluding hydrogens is 474 g/mol. The van der Waals surface area contributed by atoms with Gasteiger partial charge in [-0.3, -0.25) is 20.1 Å². The molecular formula is C28H28F2N6O. The van der Waals surface area contributed by atoms with E-state index < -0.39 is 11.6 Å². The minimum absolute atomic E-state index is 0.283. The summed E-state index contributed by atoms with van der Waals surface area (Å²) in [5.74, 6) is -1.58. The third-order valence-electron chi connectivity index (χ3n) is 5.75. The fourth-order valence-electron chi connectivity index (χ4n) is 3.97. The molecule has 1 unspecified atom stereocenters. The first kappa shape index (κ1) is 25.7. The maximum absolute atomic E-state index is 14.0. The molecule has 0 spiro atoms. The molecule has 0 bridgehead atoms. The molecule has 0 aliphatic heterocycles. The topological polar surface area (TPSA) is 95.1 Å². The molecule has 1 amide bonds. The number of aromatic amines is 1. The van der Waals surface area contributed by atoms with Crippen molar-refractivity contribution in [2.45, 2.75) is 25.2 Å². The molecule has 2 aromatic carbocycles. The molecule has 0 aliphatic rings. The molecule has 2 heterocycles. The number of nitrogens with one attached hydrogen (secondary N) is 3. The van der Waals surface area contributed by atoms with E-state index >= 15 is 0 Å². The van der Waals surface area contributed by atoms with E-state index in [-0.39, 0.29) is 11.8 Å². The monoisotopic (exact) mass is 502 g/mol. The predicted octanol–water partition coefficient (Wildman–Crippen LogP) is 4.61. The van der Waals surface area contributed by atoms with Gasteiger partial charge in [-0.05, 0) is 61.2 Å². The van der Waals surface area contributed by atoms with Crippen LogP contribution >= 0.6 is 0 Å². The molecule has 0 aliphatic carbocycles. The minimum Gasteiger partial charge on any atom is -0.356 e. The van der Waals surface area contributed by atoms with Crippen LogP contribution in [0.4, 0.5) is 8.78 Å². The van der Waals surface area contributed by atoms with Gasteiger partial charge in [0, 0.05) is 54.4 Å². The Balaban J connectivity index is 1.45. The van der Waals surface area contributed by atoms with Crippen LogP contribution in [0.2, 0.25) is 0 Å². The Kier molecular flexibility index (Phi) is 9.07. The van der Waals surface area contributed by atoms with Crippen molar-refractivity contribution in [2.24, 2.45) is 4.99 Å². The van der Waals surface area contributed by atoms with Gasteiger partial charge in [0.25, 0.3) is 5.91 Å². The highest BCUT2D eigenvalue weighted by Crippen LogP contribution is 2.27. The van der Waals surface area contributed by atoms with Gasteiger partial charge in [0.15, 0.2) is 5.96 Å². The van der Waals surface area contributed by atoms with Crippen molar-refractivity contribution < 1.29 is 13.6 Å². The van der Waals surface area contributed by atoms with Crippen molar-refractivity contribution in [3.63, 3.8) is 0 Å². The number of imidazole rings is 1. The Morgan fingerprint density at radius 3 is 2.51 bits per heavy atom. The van der Waals surface area contributed by atoms with E-state index in [1.54, 1.807) is 49.1 Å². The number of nitrogens with zero attached hydrogens (tertiary/aromatic N) is 3. The highest BCUT2D eigenvalue weighted by atomic mass is 19.1. The summed E-state index contributed by atoms with van der Waals surface area (Å²) in [6.45, 7) is 0.864. The number of hydrogen-bond donors (Lipinski definition) is 3. The zero-order chi connectivity index (χ0) is 25.9. The van der Waals surface area contributed by atoms with Crippen LogP contribution in [0.5, 0.6) is 0 Å². The van der Waals surface area contributed by atoms with Gasteiger partial charge >= 0.3 is 0 Å². The normalized spacial score (nSPS) is 12.2. The second-order valence-corrected chi connectivity index (χ2v) is 8.46. The summed E-state index contributed by atoms with van der Waals surface area (Å²) in [5.41, 5.74) is 2.71. The largest absolute Gasteiger partial charge is 0.356 e. The van der Waals surface area contributed by atoms with Crippen LogP contribution in [0, 0.1) is 11.6 Å². The van der Waals surface area contributed by atoms with Gasteiger partial charge in [0.1, 0.15) is 11.6 Å². The maximum Gasteiger partial charge on any atom is 0.257 e. The molecule has 0 saturated heterocycles. The molecule has 7 nitrogen and oxygen atoms in total. The van der Waals surface area contributed by atoms with Crippen molar-refractivity contribution in [3.8, 4) is 0 Å². The molecule has 2 aromatic heterocycles. The second-order valence-electron chi connectivity index (χ2n) is 8.46. The Labute approximate surface area is 214 Å². The van der Waals surface area contributed by atoms with Gasteiger partial charge in [-0.15, -0.1) is 0 Å². The van der Waals surface area contributed by atoms with Crippen LogP contribution in [0.1, 0.15) is 46.1 Å². The predicted molar refractivity (Wildman–Crippen MR) is 138 cm³/mol. The molecule has 4 rings (SSSR count). The van der Waals surface area contributed by atoms with Crippen molar-refractivity contribution in [2.75, 3.05) is 13.1 Å². The molecule has 9 heteroatoms. The lowest BCUT2D eigenvalue weighted by atomic mass is 9.91. The summed E-state index contributed by atoms with van der Waals surface area (Å²) in [7, 11) is 0. The third kappa shape index (κ3) is 7.79. The summed E-state index contributed by atoms with van der Waals surface area (Å²) < 4.78 is 28.0. The molecule has 190 valence electrons. The van der Waals surface area contributed by atoms with Crippen LogP contribution in [-0.2, 0) is 6.42 Å². The van der Waals surface area contributed by atoms with Crippen molar-refractivity contribution in [3.05, 3.63) is 120 Å². The number of rotatable bonds is 10. The Bertz CT molecular complexity index is 1280. The summed E-state index contributed by atoms with van der Waals surface area (Å²) in [6, 6.07) is 17.8. The molecule has 0 radical (unpaired) electrons. The van der Waals surface area contributed by atoms with Crippen molar-refractivity contribution >= 4 is 11.9 Å². The highest BCUT2D eigenvalue weighted by Gasteiger charge is 2.18. The second kappa shape index (κ2) is 13.1. The van der Waals surface area contributed by atoms with Crippen molar-refractivity contribution in [1.82, 2.24) is 25.6 Å². The third-order valence-corrected chi connectivity index (χ3v) is 5.75. The fraction of sp³-hybridized carbons (Fsp3) is 0.214. The number of aryl methyl sites for hydroxylation is 1. The Hall–Kier alpha value is -4.40. The average Bonchev–Trinajstić information content (AvgIpc) is 3.43. The number of amides is 1. The van der Waals surface area contributed by atoms with E-state index in [0.717, 1.165) is 24.6 Å². The Morgan fingerprint density at radius 2 is 1.81 bits per heavy atom. The number of guanidine groups is 1. The average molecular weight is 503 g/mol. The lowest BCUT2D eigenvalue weighted by Crippen LogP contribution is -2.42. The fourth-order valence-corrected chi connectivity index (χ4v) is 3.97. The quantitative estimate of drug-likeness (QED) is 0.168. The molecule has 0 saturated carbocycles. The number of benzene rings is 2. The van der Waals surface area contributed by atoms with Gasteiger partial charge in [-0.2, -0.15) is 0 Å². The molecule has 1 atom stereocenters. The number of carbonyl (C=O) groups excluding carboxylic acids is 1. The van der Waals surface area contributed by atoms with E-state index in [9.17, 15) is 13.6 Å². The van der Waals surface area contributed by atoms with Gasteiger partial charge in [0.2, 0.25) is 0 Å². The molecule has 37 heavy (non-hydrogen) atoms. The van der Waals surface area contributed by atoms with Gasteiger partial charge in [-0.25, -0.2) is 13.8 Å². The van der Waals surface area contributed by atoms with E-state index in [0.29, 0.717) is 42.3 Å². The smallest absolute Gasteiger partial charge is 0.257 e. The van der Waals surface area contributed by atoms with Crippen LogP contribution < -0.4 is 10.6 Å². The van der Waals surface area contributed by atoms with Crippen molar-refractivity contribution in [1.29, 1.82) is 0 Å². The van der Waals surface area contributed by atoms with Crippen LogP contribution in [0.15, 0.2) is 90.4 Å². The van der Waals surface area contributed by atoms with E-state index in [1.165, 1.54) is 12.1 Å². The number of hydrogen-bond acceptors (Lipinski definition) is 4. The lowest BCUT2D eigenvalue weighted by molar-refractivity contribution is 0.0975. The first-order chi connectivity index (χ1) is 18.1. The van der Waals surface area contributed by atoms with Crippen LogP contribution in [0.3, 0.4) is 0 Å². The maximum atomic E-state index is 14.0. The zero-order valence-corrected chi connectivity index (χ0v) is 20.2. The number of aliphatic imine (C=N–C) groups is 1. The van der Waals surface area contributed by atoms with E-state index in [2.05, 4.69) is 30.6 Å². The number of pyridine rings is 1. The van der Waals surface area contributed by atoms with Gasteiger partial charge in [0.05, 0.1) is 6.33 Å². The molecule has 3 N–H and O–H groups in total. The lowest BCUT2D eigenvalue weighted by Gasteiger charge is -2.19. The molecule has 4 aromatic rings. The van der Waals surface area contributed by atoms with Crippen LogP contribution in [0.25, 0.3) is 0 Å². The first-order valence-electron chi connectivity index (χ1n) is 12.1. The van der Waals surface area contributed by atoms with E-state index in [1.807, 2.05) is 18.2 Å². The number of aromatic nitrogens is 3. The number of halogens is 2.